The van der Waals surface area contributed by atoms with Gasteiger partial charge in [0.25, 0.3) is 0 Å². The first-order valence-corrected chi connectivity index (χ1v) is 10.4. The molecule has 2 heterocycles. The number of furan rings is 1. The summed E-state index contributed by atoms with van der Waals surface area (Å²) in [6, 6.07) is 16.1. The van der Waals surface area contributed by atoms with Gasteiger partial charge in [0.2, 0.25) is 17.7 Å². The first-order valence-electron chi connectivity index (χ1n) is 10.4. The third kappa shape index (κ3) is 6.53. The van der Waals surface area contributed by atoms with E-state index >= 15 is 0 Å². The number of nitrogens with one attached hydrogen (secondary N) is 2. The van der Waals surface area contributed by atoms with Crippen LogP contribution in [0.3, 0.4) is 0 Å². The van der Waals surface area contributed by atoms with Crippen LogP contribution in [0.15, 0.2) is 71.5 Å². The Morgan fingerprint density at radius 1 is 0.969 bits per heavy atom. The molecule has 3 rings (SSSR count). The van der Waals surface area contributed by atoms with E-state index in [1.54, 1.807) is 36.5 Å². The van der Waals surface area contributed by atoms with Gasteiger partial charge < -0.3 is 20.0 Å². The number of pyridine rings is 1. The molecule has 1 aromatic carbocycles. The van der Waals surface area contributed by atoms with Gasteiger partial charge in [0.05, 0.1) is 12.8 Å². The molecule has 2 N–H and O–H groups in total. The van der Waals surface area contributed by atoms with Crippen molar-refractivity contribution < 1.29 is 18.8 Å². The van der Waals surface area contributed by atoms with Crippen molar-refractivity contribution in [3.8, 4) is 0 Å². The summed E-state index contributed by atoms with van der Waals surface area (Å²) in [4.78, 5) is 43.4. The number of anilines is 2. The van der Waals surface area contributed by atoms with Crippen LogP contribution in [0.1, 0.15) is 31.1 Å². The SMILES string of the molecule is CCc1ccccc1N(CC(=O)NCc1ccco1)C(=O)CCC(=O)Nc1ccccn1. The minimum Gasteiger partial charge on any atom is -0.467 e. The average Bonchev–Trinajstić information content (AvgIpc) is 3.34. The van der Waals surface area contributed by atoms with Gasteiger partial charge in [0.15, 0.2) is 0 Å². The lowest BCUT2D eigenvalue weighted by atomic mass is 10.1. The van der Waals surface area contributed by atoms with Crippen LogP contribution in [0.4, 0.5) is 11.5 Å². The fraction of sp³-hybridized carbons (Fsp3) is 0.250. The van der Waals surface area contributed by atoms with Crippen molar-refractivity contribution in [3.05, 3.63) is 78.4 Å². The number of carbonyl (C=O) groups excluding carboxylic acids is 3. The Kier molecular flexibility index (Phi) is 8.14. The van der Waals surface area contributed by atoms with E-state index in [1.807, 2.05) is 31.2 Å². The standard InChI is InChI=1S/C24H26N4O4/c1-2-18-8-3-4-10-20(18)28(17-23(30)26-16-19-9-7-15-32-19)24(31)13-12-22(29)27-21-11-5-6-14-25-21/h3-11,14-15H,2,12-13,16-17H2,1H3,(H,26,30)(H,25,27,29). The lowest BCUT2D eigenvalue weighted by Crippen LogP contribution is -2.41. The van der Waals surface area contributed by atoms with E-state index in [-0.39, 0.29) is 43.7 Å². The Morgan fingerprint density at radius 2 is 1.78 bits per heavy atom. The highest BCUT2D eigenvalue weighted by molar-refractivity contribution is 6.01. The maximum Gasteiger partial charge on any atom is 0.240 e. The zero-order valence-corrected chi connectivity index (χ0v) is 17.9. The van der Waals surface area contributed by atoms with E-state index in [0.29, 0.717) is 23.7 Å². The van der Waals surface area contributed by atoms with Crippen molar-refractivity contribution in [1.29, 1.82) is 0 Å². The van der Waals surface area contributed by atoms with Crippen LogP contribution in [-0.4, -0.2) is 29.3 Å². The first-order chi connectivity index (χ1) is 15.6. The number of para-hydroxylation sites is 1. The first kappa shape index (κ1) is 22.7. The van der Waals surface area contributed by atoms with E-state index < -0.39 is 0 Å². The quantitative estimate of drug-likeness (QED) is 0.509. The molecule has 0 atom stereocenters. The van der Waals surface area contributed by atoms with Crippen LogP contribution in [0.25, 0.3) is 0 Å². The van der Waals surface area contributed by atoms with Gasteiger partial charge in [-0.1, -0.05) is 31.2 Å². The molecule has 0 aliphatic carbocycles. The predicted octanol–water partition coefficient (Wildman–Crippen LogP) is 3.31. The van der Waals surface area contributed by atoms with E-state index in [4.69, 9.17) is 4.42 Å². The lowest BCUT2D eigenvalue weighted by Gasteiger charge is -2.24. The highest BCUT2D eigenvalue weighted by atomic mass is 16.3. The molecule has 3 amide bonds. The second kappa shape index (κ2) is 11.5. The number of carbonyl (C=O) groups is 3. The fourth-order valence-electron chi connectivity index (χ4n) is 3.18. The summed E-state index contributed by atoms with van der Waals surface area (Å²) < 4.78 is 5.23. The second-order valence-corrected chi connectivity index (χ2v) is 7.08. The van der Waals surface area contributed by atoms with Gasteiger partial charge in [-0.15, -0.1) is 0 Å². The van der Waals surface area contributed by atoms with E-state index in [0.717, 1.165) is 5.56 Å². The third-order valence-corrected chi connectivity index (χ3v) is 4.80. The number of hydrogen-bond donors (Lipinski definition) is 2. The summed E-state index contributed by atoms with van der Waals surface area (Å²) in [6.07, 6.45) is 3.75. The molecule has 0 aliphatic heterocycles. The van der Waals surface area contributed by atoms with Gasteiger partial charge in [0.1, 0.15) is 18.1 Å². The molecular formula is C24H26N4O4. The number of nitrogens with zero attached hydrogens (tertiary/aromatic N) is 2. The lowest BCUT2D eigenvalue weighted by molar-refractivity contribution is -0.125. The Labute approximate surface area is 186 Å². The van der Waals surface area contributed by atoms with Crippen molar-refractivity contribution in [2.75, 3.05) is 16.8 Å². The Bertz CT molecular complexity index is 1040. The molecule has 8 nitrogen and oxygen atoms in total. The van der Waals surface area contributed by atoms with Crippen LogP contribution < -0.4 is 15.5 Å². The third-order valence-electron chi connectivity index (χ3n) is 4.80. The molecule has 32 heavy (non-hydrogen) atoms. The number of aromatic nitrogens is 1. The fourth-order valence-corrected chi connectivity index (χ4v) is 3.18. The molecule has 2 aromatic heterocycles. The molecule has 0 unspecified atom stereocenters. The van der Waals surface area contributed by atoms with Gasteiger partial charge in [-0.3, -0.25) is 14.4 Å². The number of amides is 3. The summed E-state index contributed by atoms with van der Waals surface area (Å²) in [7, 11) is 0. The Hall–Kier alpha value is -3.94. The van der Waals surface area contributed by atoms with Crippen LogP contribution in [0, 0.1) is 0 Å². The van der Waals surface area contributed by atoms with Crippen molar-refractivity contribution in [2.24, 2.45) is 0 Å². The summed E-state index contributed by atoms with van der Waals surface area (Å²) in [5.74, 6) is 0.101. The zero-order valence-electron chi connectivity index (χ0n) is 17.9. The van der Waals surface area contributed by atoms with Crippen molar-refractivity contribution in [1.82, 2.24) is 10.3 Å². The van der Waals surface area contributed by atoms with Gasteiger partial charge in [-0.2, -0.15) is 0 Å². The number of aryl methyl sites for hydroxylation is 1. The molecule has 0 saturated heterocycles. The summed E-state index contributed by atoms with van der Waals surface area (Å²) in [6.45, 7) is 2.06. The van der Waals surface area contributed by atoms with E-state index in [9.17, 15) is 14.4 Å². The van der Waals surface area contributed by atoms with Gasteiger partial charge in [-0.05, 0) is 42.3 Å². The van der Waals surface area contributed by atoms with Gasteiger partial charge in [0, 0.05) is 24.7 Å². The summed E-state index contributed by atoms with van der Waals surface area (Å²) in [5, 5.41) is 5.43. The number of rotatable bonds is 10. The maximum absolute atomic E-state index is 13.1. The maximum atomic E-state index is 13.1. The molecule has 0 bridgehead atoms. The van der Waals surface area contributed by atoms with Crippen LogP contribution in [-0.2, 0) is 27.3 Å². The molecule has 0 aliphatic rings. The second-order valence-electron chi connectivity index (χ2n) is 7.08. The van der Waals surface area contributed by atoms with Gasteiger partial charge >= 0.3 is 0 Å². The molecule has 0 spiro atoms. The predicted molar refractivity (Wildman–Crippen MR) is 121 cm³/mol. The summed E-state index contributed by atoms with van der Waals surface area (Å²) >= 11 is 0. The van der Waals surface area contributed by atoms with Gasteiger partial charge in [-0.25, -0.2) is 4.98 Å². The monoisotopic (exact) mass is 434 g/mol. The molecule has 8 heteroatoms. The van der Waals surface area contributed by atoms with Crippen LogP contribution in [0.2, 0.25) is 0 Å². The minimum absolute atomic E-state index is 0.0196. The van der Waals surface area contributed by atoms with Crippen molar-refractivity contribution in [3.63, 3.8) is 0 Å². The molecule has 0 radical (unpaired) electrons. The molecule has 3 aromatic rings. The Balaban J connectivity index is 1.66. The Morgan fingerprint density at radius 3 is 2.50 bits per heavy atom. The van der Waals surface area contributed by atoms with E-state index in [1.165, 1.54) is 11.2 Å². The normalized spacial score (nSPS) is 10.4. The largest absolute Gasteiger partial charge is 0.467 e. The molecule has 166 valence electrons. The zero-order chi connectivity index (χ0) is 22.8. The van der Waals surface area contributed by atoms with Crippen LogP contribution >= 0.6 is 0 Å². The smallest absolute Gasteiger partial charge is 0.240 e. The van der Waals surface area contributed by atoms with Crippen LogP contribution in [0.5, 0.6) is 0 Å². The summed E-state index contributed by atoms with van der Waals surface area (Å²) in [5.41, 5.74) is 1.61. The minimum atomic E-state index is -0.321. The highest BCUT2D eigenvalue weighted by Gasteiger charge is 2.22. The average molecular weight is 434 g/mol. The molecular weight excluding hydrogens is 408 g/mol. The number of benzene rings is 1. The highest BCUT2D eigenvalue weighted by Crippen LogP contribution is 2.22. The van der Waals surface area contributed by atoms with Crippen molar-refractivity contribution in [2.45, 2.75) is 32.7 Å². The topological polar surface area (TPSA) is 105 Å². The molecule has 0 fully saturated rings. The molecule has 0 saturated carbocycles. The van der Waals surface area contributed by atoms with E-state index in [2.05, 4.69) is 15.6 Å². The number of hydrogen-bond acceptors (Lipinski definition) is 5. The van der Waals surface area contributed by atoms with Crippen molar-refractivity contribution >= 4 is 29.2 Å².